The van der Waals surface area contributed by atoms with Gasteiger partial charge in [-0.05, 0) is 44.2 Å². The van der Waals surface area contributed by atoms with Crippen molar-refractivity contribution in [2.45, 2.75) is 32.6 Å². The number of methoxy groups -OCH3 is 1. The van der Waals surface area contributed by atoms with Gasteiger partial charge in [-0.15, -0.1) is 0 Å². The molecule has 0 aliphatic carbocycles. The van der Waals surface area contributed by atoms with E-state index >= 15 is 0 Å². The highest BCUT2D eigenvalue weighted by Gasteiger charge is 2.47. The summed E-state index contributed by atoms with van der Waals surface area (Å²) in [5.74, 6) is 0.278. The first-order valence-corrected chi connectivity index (χ1v) is 9.06. The Morgan fingerprint density at radius 3 is 2.84 bits per heavy atom. The van der Waals surface area contributed by atoms with Crippen LogP contribution in [0.3, 0.4) is 0 Å². The minimum Gasteiger partial charge on any atom is -0.383 e. The summed E-state index contributed by atoms with van der Waals surface area (Å²) in [5, 5.41) is 0. The lowest BCUT2D eigenvalue weighted by molar-refractivity contribution is -0.137. The molecule has 1 atom stereocenters. The zero-order valence-corrected chi connectivity index (χ0v) is 15.2. The first kappa shape index (κ1) is 17.9. The van der Waals surface area contributed by atoms with Crippen LogP contribution in [0.2, 0.25) is 0 Å². The third kappa shape index (κ3) is 3.54. The van der Waals surface area contributed by atoms with Gasteiger partial charge in [0.1, 0.15) is 0 Å². The van der Waals surface area contributed by atoms with Crippen molar-refractivity contribution in [2.24, 2.45) is 5.41 Å². The Hall–Kier alpha value is -1.95. The van der Waals surface area contributed by atoms with Gasteiger partial charge < -0.3 is 14.5 Å². The predicted molar refractivity (Wildman–Crippen MR) is 94.2 cm³/mol. The van der Waals surface area contributed by atoms with Crippen molar-refractivity contribution < 1.29 is 14.3 Å². The Labute approximate surface area is 149 Å². The molecule has 2 aliphatic rings. The summed E-state index contributed by atoms with van der Waals surface area (Å²) < 4.78 is 5.11. The van der Waals surface area contributed by atoms with Crippen LogP contribution in [0.5, 0.6) is 0 Å². The number of rotatable bonds is 4. The SMILES string of the molecule is COCCN1CCC2(CCCN(C(=O)c3cnccc3C)CC2)C1=O. The van der Waals surface area contributed by atoms with Gasteiger partial charge in [0, 0.05) is 45.7 Å². The van der Waals surface area contributed by atoms with E-state index < -0.39 is 0 Å². The number of amides is 2. The van der Waals surface area contributed by atoms with E-state index in [-0.39, 0.29) is 17.2 Å². The van der Waals surface area contributed by atoms with Crippen LogP contribution in [-0.4, -0.2) is 66.5 Å². The van der Waals surface area contributed by atoms with Crippen LogP contribution in [0.15, 0.2) is 18.5 Å². The fraction of sp³-hybridized carbons (Fsp3) is 0.632. The number of carbonyl (C=O) groups is 2. The zero-order valence-electron chi connectivity index (χ0n) is 15.2. The second-order valence-electron chi connectivity index (χ2n) is 7.15. The Kier molecular flexibility index (Phi) is 5.37. The topological polar surface area (TPSA) is 62.7 Å². The average Bonchev–Trinajstić information content (AvgIpc) is 2.79. The predicted octanol–water partition coefficient (Wildman–Crippen LogP) is 1.88. The lowest BCUT2D eigenvalue weighted by Gasteiger charge is -2.27. The largest absolute Gasteiger partial charge is 0.383 e. The molecule has 0 aromatic carbocycles. The van der Waals surface area contributed by atoms with Crippen molar-refractivity contribution in [3.05, 3.63) is 29.6 Å². The summed E-state index contributed by atoms with van der Waals surface area (Å²) in [7, 11) is 1.66. The Morgan fingerprint density at radius 2 is 2.08 bits per heavy atom. The van der Waals surface area contributed by atoms with E-state index in [9.17, 15) is 9.59 Å². The van der Waals surface area contributed by atoms with Gasteiger partial charge in [0.2, 0.25) is 5.91 Å². The second-order valence-corrected chi connectivity index (χ2v) is 7.15. The molecule has 3 heterocycles. The molecule has 1 spiro atoms. The molecule has 3 rings (SSSR count). The number of aromatic nitrogens is 1. The number of carbonyl (C=O) groups excluding carboxylic acids is 2. The summed E-state index contributed by atoms with van der Waals surface area (Å²) in [6.07, 6.45) is 6.73. The van der Waals surface area contributed by atoms with Crippen molar-refractivity contribution in [1.29, 1.82) is 0 Å². The highest BCUT2D eigenvalue weighted by atomic mass is 16.5. The molecule has 2 aliphatic heterocycles. The third-order valence-electron chi connectivity index (χ3n) is 5.67. The molecule has 2 amide bonds. The lowest BCUT2D eigenvalue weighted by Crippen LogP contribution is -2.37. The highest BCUT2D eigenvalue weighted by molar-refractivity contribution is 5.95. The van der Waals surface area contributed by atoms with E-state index in [1.165, 1.54) is 0 Å². The Morgan fingerprint density at radius 1 is 1.28 bits per heavy atom. The molecule has 6 nitrogen and oxygen atoms in total. The molecule has 1 aromatic heterocycles. The summed E-state index contributed by atoms with van der Waals surface area (Å²) in [6, 6.07) is 1.86. The third-order valence-corrected chi connectivity index (χ3v) is 5.67. The molecular formula is C19H27N3O3. The first-order chi connectivity index (χ1) is 12.1. The molecule has 1 unspecified atom stereocenters. The highest BCUT2D eigenvalue weighted by Crippen LogP contribution is 2.41. The standard InChI is InChI=1S/C19H27N3O3/c1-15-4-8-20-14-16(15)17(23)21-9-3-5-19(6-10-21)7-11-22(18(19)24)12-13-25-2/h4,8,14H,3,5-7,9-13H2,1-2H3. The van der Waals surface area contributed by atoms with Crippen molar-refractivity contribution in [1.82, 2.24) is 14.8 Å². The van der Waals surface area contributed by atoms with E-state index in [1.807, 2.05) is 22.8 Å². The Balaban J connectivity index is 1.68. The molecule has 2 fully saturated rings. The van der Waals surface area contributed by atoms with Crippen molar-refractivity contribution >= 4 is 11.8 Å². The normalized spacial score (nSPS) is 24.0. The number of nitrogens with zero attached hydrogens (tertiary/aromatic N) is 3. The molecule has 1 aromatic rings. The number of hydrogen-bond acceptors (Lipinski definition) is 4. The van der Waals surface area contributed by atoms with Crippen LogP contribution in [0.1, 0.15) is 41.6 Å². The van der Waals surface area contributed by atoms with Crippen LogP contribution in [-0.2, 0) is 9.53 Å². The maximum atomic E-state index is 12.9. The van der Waals surface area contributed by atoms with Gasteiger partial charge >= 0.3 is 0 Å². The molecule has 2 saturated heterocycles. The van der Waals surface area contributed by atoms with Gasteiger partial charge in [0.15, 0.2) is 0 Å². The minimum atomic E-state index is -0.285. The fourth-order valence-electron chi connectivity index (χ4n) is 4.03. The molecule has 136 valence electrons. The second kappa shape index (κ2) is 7.52. The van der Waals surface area contributed by atoms with Crippen molar-refractivity contribution in [3.8, 4) is 0 Å². The molecular weight excluding hydrogens is 318 g/mol. The number of likely N-dealkylation sites (tertiary alicyclic amines) is 2. The minimum absolute atomic E-state index is 0.0318. The van der Waals surface area contributed by atoms with E-state index in [0.29, 0.717) is 31.8 Å². The summed E-state index contributed by atoms with van der Waals surface area (Å²) in [6.45, 7) is 5.32. The van der Waals surface area contributed by atoms with Gasteiger partial charge in [-0.2, -0.15) is 0 Å². The van der Waals surface area contributed by atoms with Gasteiger partial charge in [0.25, 0.3) is 5.91 Å². The van der Waals surface area contributed by atoms with Gasteiger partial charge in [-0.3, -0.25) is 14.6 Å². The molecule has 6 heteroatoms. The Bertz CT molecular complexity index is 649. The quantitative estimate of drug-likeness (QED) is 0.836. The monoisotopic (exact) mass is 345 g/mol. The molecule has 0 bridgehead atoms. The maximum absolute atomic E-state index is 12.9. The average molecular weight is 345 g/mol. The van der Waals surface area contributed by atoms with E-state index in [1.54, 1.807) is 19.5 Å². The maximum Gasteiger partial charge on any atom is 0.255 e. The molecule has 0 saturated carbocycles. The van der Waals surface area contributed by atoms with Crippen molar-refractivity contribution in [2.75, 3.05) is 39.9 Å². The van der Waals surface area contributed by atoms with Crippen LogP contribution in [0, 0.1) is 12.3 Å². The summed E-state index contributed by atoms with van der Waals surface area (Å²) in [5.41, 5.74) is 1.33. The van der Waals surface area contributed by atoms with Crippen LogP contribution in [0.25, 0.3) is 0 Å². The van der Waals surface area contributed by atoms with Crippen LogP contribution < -0.4 is 0 Å². The van der Waals surface area contributed by atoms with E-state index in [4.69, 9.17) is 4.74 Å². The van der Waals surface area contributed by atoms with Crippen molar-refractivity contribution in [3.63, 3.8) is 0 Å². The number of ether oxygens (including phenoxy) is 1. The molecule has 0 radical (unpaired) electrons. The van der Waals surface area contributed by atoms with E-state index in [0.717, 1.165) is 37.8 Å². The van der Waals surface area contributed by atoms with Crippen LogP contribution >= 0.6 is 0 Å². The number of hydrogen-bond donors (Lipinski definition) is 0. The fourth-order valence-corrected chi connectivity index (χ4v) is 4.03. The van der Waals surface area contributed by atoms with Gasteiger partial charge in [0.05, 0.1) is 17.6 Å². The smallest absolute Gasteiger partial charge is 0.255 e. The zero-order chi connectivity index (χ0) is 17.9. The first-order valence-electron chi connectivity index (χ1n) is 9.06. The van der Waals surface area contributed by atoms with Gasteiger partial charge in [-0.25, -0.2) is 0 Å². The van der Waals surface area contributed by atoms with Gasteiger partial charge in [-0.1, -0.05) is 0 Å². The van der Waals surface area contributed by atoms with E-state index in [2.05, 4.69) is 4.98 Å². The molecule has 0 N–H and O–H groups in total. The van der Waals surface area contributed by atoms with Crippen LogP contribution in [0.4, 0.5) is 0 Å². The lowest BCUT2D eigenvalue weighted by atomic mass is 9.79. The summed E-state index contributed by atoms with van der Waals surface area (Å²) >= 11 is 0. The summed E-state index contributed by atoms with van der Waals surface area (Å²) in [4.78, 5) is 33.6. The number of pyridine rings is 1. The number of aryl methyl sites for hydroxylation is 1. The molecule has 25 heavy (non-hydrogen) atoms.